The summed E-state index contributed by atoms with van der Waals surface area (Å²) >= 11 is 4.20. The minimum atomic E-state index is 0.394. The zero-order valence-corrected chi connectivity index (χ0v) is 4.99. The first-order valence-corrected chi connectivity index (χ1v) is 3.00. The number of hydrogen-bond acceptors (Lipinski definition) is 2. The molecule has 1 aliphatic rings. The van der Waals surface area contributed by atoms with Crippen molar-refractivity contribution in [1.82, 2.24) is 5.32 Å². The van der Waals surface area contributed by atoms with Gasteiger partial charge in [-0.3, -0.25) is 0 Å². The lowest BCUT2D eigenvalue weighted by atomic mass is 10.2. The monoisotopic (exact) mass is 115 g/mol. The van der Waals surface area contributed by atoms with Gasteiger partial charge >= 0.3 is 0 Å². The van der Waals surface area contributed by atoms with Gasteiger partial charge in [0.2, 0.25) is 0 Å². The third-order valence-electron chi connectivity index (χ3n) is 1.01. The van der Waals surface area contributed by atoms with Gasteiger partial charge in [-0.2, -0.15) is 12.6 Å². The van der Waals surface area contributed by atoms with Crippen LogP contribution in [-0.2, 0) is 0 Å². The SMILES string of the molecule is SC1CCC=CN1. The standard InChI is InChI=1S/C5H9NS/c7-5-3-1-2-4-6-5/h2,4-7H,1,3H2. The Hall–Kier alpha value is -0.110. The number of thiol groups is 1. The zero-order chi connectivity index (χ0) is 5.11. The Balaban J connectivity index is 2.32. The molecule has 7 heavy (non-hydrogen) atoms. The van der Waals surface area contributed by atoms with E-state index in [4.69, 9.17) is 0 Å². The average molecular weight is 115 g/mol. The predicted octanol–water partition coefficient (Wildman–Crippen LogP) is 1.14. The van der Waals surface area contributed by atoms with E-state index in [2.05, 4.69) is 24.0 Å². The maximum atomic E-state index is 4.20. The van der Waals surface area contributed by atoms with Gasteiger partial charge in [0.05, 0.1) is 5.37 Å². The molecule has 1 heterocycles. The van der Waals surface area contributed by atoms with E-state index in [9.17, 15) is 0 Å². The molecule has 0 saturated heterocycles. The van der Waals surface area contributed by atoms with Crippen molar-refractivity contribution >= 4 is 12.6 Å². The molecular weight excluding hydrogens is 106 g/mol. The lowest BCUT2D eigenvalue weighted by Gasteiger charge is -2.12. The Labute approximate surface area is 49.2 Å². The lowest BCUT2D eigenvalue weighted by molar-refractivity contribution is 0.684. The molecule has 0 spiro atoms. The van der Waals surface area contributed by atoms with Crippen LogP contribution in [0.15, 0.2) is 12.3 Å². The van der Waals surface area contributed by atoms with Crippen molar-refractivity contribution in [3.8, 4) is 0 Å². The van der Waals surface area contributed by atoms with Crippen molar-refractivity contribution in [2.45, 2.75) is 18.2 Å². The van der Waals surface area contributed by atoms with Crippen LogP contribution < -0.4 is 5.32 Å². The van der Waals surface area contributed by atoms with Gasteiger partial charge in [0, 0.05) is 0 Å². The number of rotatable bonds is 0. The van der Waals surface area contributed by atoms with Crippen LogP contribution in [0.4, 0.5) is 0 Å². The molecule has 0 aromatic carbocycles. The predicted molar refractivity (Wildman–Crippen MR) is 34.3 cm³/mol. The molecule has 40 valence electrons. The molecule has 1 atom stereocenters. The first-order valence-electron chi connectivity index (χ1n) is 2.49. The fourth-order valence-electron chi connectivity index (χ4n) is 0.600. The molecule has 0 bridgehead atoms. The highest BCUT2D eigenvalue weighted by atomic mass is 32.1. The zero-order valence-electron chi connectivity index (χ0n) is 4.09. The van der Waals surface area contributed by atoms with Crippen LogP contribution in [0.2, 0.25) is 0 Å². The van der Waals surface area contributed by atoms with Gasteiger partial charge < -0.3 is 5.32 Å². The van der Waals surface area contributed by atoms with Gasteiger partial charge in [-0.15, -0.1) is 0 Å². The first kappa shape index (κ1) is 5.04. The van der Waals surface area contributed by atoms with Crippen LogP contribution in [-0.4, -0.2) is 5.37 Å². The highest BCUT2D eigenvalue weighted by Crippen LogP contribution is 2.05. The molecular formula is C5H9NS. The topological polar surface area (TPSA) is 12.0 Å². The van der Waals surface area contributed by atoms with Gasteiger partial charge in [0.15, 0.2) is 0 Å². The largest absolute Gasteiger partial charge is 0.380 e. The minimum absolute atomic E-state index is 0.394. The Morgan fingerprint density at radius 1 is 1.71 bits per heavy atom. The van der Waals surface area contributed by atoms with E-state index in [1.807, 2.05) is 6.20 Å². The normalized spacial score (nSPS) is 29.6. The molecule has 1 nitrogen and oxygen atoms in total. The quantitative estimate of drug-likeness (QED) is 0.451. The van der Waals surface area contributed by atoms with Gasteiger partial charge in [-0.05, 0) is 19.0 Å². The van der Waals surface area contributed by atoms with E-state index in [-0.39, 0.29) is 0 Å². The van der Waals surface area contributed by atoms with Crippen molar-refractivity contribution in [2.75, 3.05) is 0 Å². The molecule has 0 radical (unpaired) electrons. The maximum absolute atomic E-state index is 4.20. The minimum Gasteiger partial charge on any atom is -0.380 e. The molecule has 1 N–H and O–H groups in total. The van der Waals surface area contributed by atoms with E-state index in [1.165, 1.54) is 6.42 Å². The molecule has 0 saturated carbocycles. The van der Waals surface area contributed by atoms with E-state index in [0.29, 0.717) is 5.37 Å². The molecule has 1 unspecified atom stereocenters. The lowest BCUT2D eigenvalue weighted by Crippen LogP contribution is -2.19. The average Bonchev–Trinajstić information content (AvgIpc) is 1.69. The third kappa shape index (κ3) is 1.43. The maximum Gasteiger partial charge on any atom is 0.0690 e. The summed E-state index contributed by atoms with van der Waals surface area (Å²) in [6.07, 6.45) is 6.40. The van der Waals surface area contributed by atoms with E-state index in [1.54, 1.807) is 0 Å². The highest BCUT2D eigenvalue weighted by Gasteiger charge is 1.99. The summed E-state index contributed by atoms with van der Waals surface area (Å²) in [4.78, 5) is 0. The molecule has 0 aromatic rings. The smallest absolute Gasteiger partial charge is 0.0690 e. The second-order valence-corrected chi connectivity index (χ2v) is 2.29. The summed E-state index contributed by atoms with van der Waals surface area (Å²) < 4.78 is 0. The number of hydrogen-bond donors (Lipinski definition) is 2. The van der Waals surface area contributed by atoms with Crippen LogP contribution in [0.5, 0.6) is 0 Å². The summed E-state index contributed by atoms with van der Waals surface area (Å²) in [5.74, 6) is 0. The third-order valence-corrected chi connectivity index (χ3v) is 1.42. The molecule has 1 aliphatic heterocycles. The van der Waals surface area contributed by atoms with E-state index in [0.717, 1.165) is 6.42 Å². The molecule has 2 heteroatoms. The Morgan fingerprint density at radius 2 is 2.57 bits per heavy atom. The molecule has 1 rings (SSSR count). The number of nitrogens with one attached hydrogen (secondary N) is 1. The van der Waals surface area contributed by atoms with Gasteiger partial charge in [-0.1, -0.05) is 6.08 Å². The second-order valence-electron chi connectivity index (χ2n) is 1.66. The molecule has 0 amide bonds. The molecule has 0 aromatic heterocycles. The summed E-state index contributed by atoms with van der Waals surface area (Å²) in [5.41, 5.74) is 0. The second kappa shape index (κ2) is 2.26. The van der Waals surface area contributed by atoms with Crippen molar-refractivity contribution < 1.29 is 0 Å². The van der Waals surface area contributed by atoms with Crippen molar-refractivity contribution in [3.63, 3.8) is 0 Å². The van der Waals surface area contributed by atoms with Gasteiger partial charge in [0.25, 0.3) is 0 Å². The Bertz CT molecular complexity index is 80.1. The van der Waals surface area contributed by atoms with Crippen LogP contribution in [0.25, 0.3) is 0 Å². The van der Waals surface area contributed by atoms with Crippen LogP contribution in [0.1, 0.15) is 12.8 Å². The van der Waals surface area contributed by atoms with Crippen molar-refractivity contribution in [3.05, 3.63) is 12.3 Å². The fraction of sp³-hybridized carbons (Fsp3) is 0.600. The summed E-state index contributed by atoms with van der Waals surface area (Å²) in [6.45, 7) is 0. The molecule has 0 fully saturated rings. The Morgan fingerprint density at radius 3 is 2.86 bits per heavy atom. The summed E-state index contributed by atoms with van der Waals surface area (Å²) in [5, 5.41) is 3.46. The highest BCUT2D eigenvalue weighted by molar-refractivity contribution is 7.80. The van der Waals surface area contributed by atoms with E-state index >= 15 is 0 Å². The number of allylic oxidation sites excluding steroid dienone is 1. The van der Waals surface area contributed by atoms with Crippen LogP contribution in [0, 0.1) is 0 Å². The van der Waals surface area contributed by atoms with Gasteiger partial charge in [0.1, 0.15) is 0 Å². The fourth-order valence-corrected chi connectivity index (χ4v) is 0.835. The van der Waals surface area contributed by atoms with E-state index < -0.39 is 0 Å². The van der Waals surface area contributed by atoms with Crippen LogP contribution >= 0.6 is 12.6 Å². The summed E-state index contributed by atoms with van der Waals surface area (Å²) in [6, 6.07) is 0. The molecule has 0 aliphatic carbocycles. The van der Waals surface area contributed by atoms with Crippen LogP contribution in [0.3, 0.4) is 0 Å². The Kier molecular flexibility index (Phi) is 1.63. The summed E-state index contributed by atoms with van der Waals surface area (Å²) in [7, 11) is 0. The van der Waals surface area contributed by atoms with Crippen molar-refractivity contribution in [1.29, 1.82) is 0 Å². The first-order chi connectivity index (χ1) is 3.39. The van der Waals surface area contributed by atoms with Crippen molar-refractivity contribution in [2.24, 2.45) is 0 Å². The van der Waals surface area contributed by atoms with Gasteiger partial charge in [-0.25, -0.2) is 0 Å².